The van der Waals surface area contributed by atoms with Gasteiger partial charge in [-0.15, -0.1) is 5.10 Å². The van der Waals surface area contributed by atoms with Gasteiger partial charge in [0.1, 0.15) is 5.82 Å². The van der Waals surface area contributed by atoms with Gasteiger partial charge in [0.2, 0.25) is 5.78 Å². The van der Waals surface area contributed by atoms with Crippen molar-refractivity contribution in [3.05, 3.63) is 81.5 Å². The van der Waals surface area contributed by atoms with Crippen LogP contribution in [0.15, 0.2) is 53.3 Å². The Hall–Kier alpha value is -2.58. The van der Waals surface area contributed by atoms with E-state index in [1.807, 2.05) is 34.2 Å². The van der Waals surface area contributed by atoms with Crippen molar-refractivity contribution in [2.45, 2.75) is 90.4 Å². The van der Waals surface area contributed by atoms with Crippen molar-refractivity contribution in [2.75, 3.05) is 6.61 Å². The van der Waals surface area contributed by atoms with E-state index in [4.69, 9.17) is 14.8 Å². The molecular formula is C33H41KN8O3. The summed E-state index contributed by atoms with van der Waals surface area (Å²) in [6.45, 7) is 7.81. The van der Waals surface area contributed by atoms with Crippen LogP contribution in [0.4, 0.5) is 0 Å². The Morgan fingerprint density at radius 2 is 1.76 bits per heavy atom. The van der Waals surface area contributed by atoms with Crippen molar-refractivity contribution in [3.8, 4) is 22.5 Å². The predicted octanol–water partition coefficient (Wildman–Crippen LogP) is 4.21. The van der Waals surface area contributed by atoms with E-state index in [0.717, 1.165) is 72.0 Å². The summed E-state index contributed by atoms with van der Waals surface area (Å²) < 4.78 is 9.79. The molecule has 11 nitrogen and oxygen atoms in total. The van der Waals surface area contributed by atoms with Gasteiger partial charge >= 0.3 is 51.4 Å². The van der Waals surface area contributed by atoms with E-state index in [1.54, 1.807) is 13.8 Å². The third-order valence-corrected chi connectivity index (χ3v) is 8.33. The minimum atomic E-state index is -0.862. The topological polar surface area (TPSA) is 136 Å². The number of aromatic nitrogens is 8. The van der Waals surface area contributed by atoms with Crippen LogP contribution in [0.25, 0.3) is 28.3 Å². The second-order valence-electron chi connectivity index (χ2n) is 12.4. The number of nitrogens with one attached hydrogen (secondary N) is 1. The third kappa shape index (κ3) is 7.53. The van der Waals surface area contributed by atoms with Crippen molar-refractivity contribution in [3.63, 3.8) is 0 Å². The molecule has 12 heteroatoms. The van der Waals surface area contributed by atoms with Crippen LogP contribution in [-0.2, 0) is 17.6 Å². The molecule has 5 aromatic rings. The fourth-order valence-corrected chi connectivity index (χ4v) is 6.24. The van der Waals surface area contributed by atoms with Gasteiger partial charge in [-0.05, 0) is 80.0 Å². The summed E-state index contributed by atoms with van der Waals surface area (Å²) in [7, 11) is 0. The molecule has 1 aliphatic rings. The number of tetrazole rings is 1. The average Bonchev–Trinajstić information content (AvgIpc) is 3.69. The third-order valence-electron chi connectivity index (χ3n) is 8.33. The second kappa shape index (κ2) is 14.5. The van der Waals surface area contributed by atoms with E-state index in [9.17, 15) is 9.90 Å². The molecule has 1 fully saturated rings. The average molecular weight is 637 g/mol. The molecule has 1 aliphatic carbocycles. The Balaban J connectivity index is 0.00000400. The number of nitrogens with zero attached hydrogens (tertiary/aromatic N) is 7. The van der Waals surface area contributed by atoms with Crippen LogP contribution < -0.4 is 5.56 Å². The molecule has 0 amide bonds. The molecule has 2 N–H and O–H groups in total. The molecule has 6 rings (SSSR count). The van der Waals surface area contributed by atoms with Gasteiger partial charge in [0.25, 0.3) is 5.56 Å². The monoisotopic (exact) mass is 636 g/mol. The molecule has 3 heterocycles. The molecule has 2 aromatic carbocycles. The number of aromatic amines is 1. The second-order valence-corrected chi connectivity index (χ2v) is 12.4. The van der Waals surface area contributed by atoms with Gasteiger partial charge in [0.05, 0.1) is 24.0 Å². The molecule has 0 atom stereocenters. The number of fused-ring (bicyclic) bond motifs is 1. The summed E-state index contributed by atoms with van der Waals surface area (Å²) in [5, 5.41) is 29.3. The Bertz CT molecular complexity index is 1780. The number of rotatable bonds is 10. The van der Waals surface area contributed by atoms with Gasteiger partial charge in [0.15, 0.2) is 5.82 Å². The van der Waals surface area contributed by atoms with E-state index in [0.29, 0.717) is 30.5 Å². The molecule has 232 valence electrons. The molecule has 0 unspecified atom stereocenters. The minimum absolute atomic E-state index is 0. The fraction of sp³-hybridized carbons (Fsp3) is 0.455. The van der Waals surface area contributed by atoms with Crippen molar-refractivity contribution >= 4 is 57.2 Å². The first-order valence-electron chi connectivity index (χ1n) is 15.5. The molecule has 0 radical (unpaired) electrons. The molecular weight excluding hydrogens is 596 g/mol. The molecule has 0 spiro atoms. The van der Waals surface area contributed by atoms with Gasteiger partial charge < -0.3 is 9.84 Å². The first-order chi connectivity index (χ1) is 21.2. The Morgan fingerprint density at radius 1 is 1.04 bits per heavy atom. The number of hydrogen-bond donors (Lipinski definition) is 2. The molecule has 3 aromatic heterocycles. The standard InChI is InChI=1S/C33H40N8O3.K.H/c1-5-8-29-28(19-22-11-13-23(14-12-22)26-9-6-7-10-27(26)30-35-38-39-36-30)31(42)40(32-34-21(2)37-41(29)32)24-15-17-25(18-16-24)44-20-33(3,4)43;;/h6-7,9-14,24-25,43H,5,8,15-20H2,1-4H3,(H,35,36,38,39);;/t24-,25-;;. The maximum absolute atomic E-state index is 14.4. The summed E-state index contributed by atoms with van der Waals surface area (Å²) in [5.74, 6) is 1.89. The number of aliphatic hydroxyl groups is 1. The number of hydrogen-bond acceptors (Lipinski definition) is 8. The summed E-state index contributed by atoms with van der Waals surface area (Å²) in [4.78, 5) is 19.1. The predicted molar refractivity (Wildman–Crippen MR) is 175 cm³/mol. The van der Waals surface area contributed by atoms with Gasteiger partial charge in [0, 0.05) is 23.6 Å². The summed E-state index contributed by atoms with van der Waals surface area (Å²) in [6.07, 6.45) is 5.46. The van der Waals surface area contributed by atoms with Gasteiger partial charge in [-0.25, -0.2) is 9.61 Å². The van der Waals surface area contributed by atoms with E-state index < -0.39 is 5.60 Å². The fourth-order valence-electron chi connectivity index (χ4n) is 6.24. The van der Waals surface area contributed by atoms with Crippen molar-refractivity contribution in [2.24, 2.45) is 0 Å². The summed E-state index contributed by atoms with van der Waals surface area (Å²) in [5.41, 5.74) is 4.88. The zero-order valence-electron chi connectivity index (χ0n) is 25.8. The van der Waals surface area contributed by atoms with E-state index >= 15 is 0 Å². The SMILES string of the molecule is CCCc1c(Cc2ccc(-c3ccccc3-c3nnn[nH]3)cc2)c(=O)n([C@H]2CC[C@H](OCC(C)(C)O)CC2)c2nc(C)nn12.[KH]. The molecule has 45 heavy (non-hydrogen) atoms. The molecule has 0 saturated heterocycles. The number of ether oxygens (including phenoxy) is 1. The zero-order valence-corrected chi connectivity index (χ0v) is 25.8. The number of aryl methyl sites for hydroxylation is 2. The van der Waals surface area contributed by atoms with Gasteiger partial charge in [-0.3, -0.25) is 9.36 Å². The van der Waals surface area contributed by atoms with Crippen LogP contribution >= 0.6 is 0 Å². The van der Waals surface area contributed by atoms with Crippen LogP contribution in [0, 0.1) is 6.92 Å². The van der Waals surface area contributed by atoms with E-state index in [1.165, 1.54) is 0 Å². The van der Waals surface area contributed by atoms with Crippen molar-refractivity contribution in [1.82, 2.24) is 39.8 Å². The maximum atomic E-state index is 14.4. The van der Waals surface area contributed by atoms with Crippen molar-refractivity contribution < 1.29 is 9.84 Å². The summed E-state index contributed by atoms with van der Waals surface area (Å²) >= 11 is 0. The Kier molecular flexibility index (Phi) is 10.8. The van der Waals surface area contributed by atoms with Crippen LogP contribution in [0.3, 0.4) is 0 Å². The van der Waals surface area contributed by atoms with Gasteiger partial charge in [-0.2, -0.15) is 10.1 Å². The van der Waals surface area contributed by atoms with Crippen LogP contribution in [0.5, 0.6) is 0 Å². The van der Waals surface area contributed by atoms with Crippen LogP contribution in [-0.4, -0.2) is 115 Å². The normalized spacial score (nSPS) is 17.0. The first kappa shape index (κ1) is 33.8. The number of benzene rings is 2. The molecule has 1 saturated carbocycles. The Morgan fingerprint density at radius 3 is 2.40 bits per heavy atom. The van der Waals surface area contributed by atoms with Crippen molar-refractivity contribution in [1.29, 1.82) is 0 Å². The Labute approximate surface area is 305 Å². The van der Waals surface area contributed by atoms with Gasteiger partial charge in [-0.1, -0.05) is 61.9 Å². The van der Waals surface area contributed by atoms with Crippen LogP contribution in [0.2, 0.25) is 0 Å². The quantitative estimate of drug-likeness (QED) is 0.218. The van der Waals surface area contributed by atoms with E-state index in [-0.39, 0.29) is 69.1 Å². The molecule has 0 bridgehead atoms. The zero-order chi connectivity index (χ0) is 30.8. The summed E-state index contributed by atoms with van der Waals surface area (Å²) in [6, 6.07) is 16.4. The van der Waals surface area contributed by atoms with E-state index in [2.05, 4.69) is 57.9 Å². The van der Waals surface area contributed by atoms with Crippen LogP contribution in [0.1, 0.15) is 81.6 Å². The first-order valence-corrected chi connectivity index (χ1v) is 15.5. The molecule has 0 aliphatic heterocycles. The number of H-pyrrole nitrogens is 1.